The van der Waals surface area contributed by atoms with E-state index in [4.69, 9.17) is 0 Å². The van der Waals surface area contributed by atoms with Crippen molar-refractivity contribution in [1.29, 1.82) is 0 Å². The van der Waals surface area contributed by atoms with Gasteiger partial charge < -0.3 is 10.4 Å². The van der Waals surface area contributed by atoms with Crippen LogP contribution in [0.4, 0.5) is 0 Å². The first-order valence-corrected chi connectivity index (χ1v) is 5.70. The molecular weight excluding hydrogens is 202 g/mol. The Hall–Kier alpha value is -0.970. The van der Waals surface area contributed by atoms with Crippen molar-refractivity contribution in [3.05, 3.63) is 30.1 Å². The number of β-amino-alcohol motifs (C(OH)–C–C–N with tert-alkyl or cyclic N) is 1. The first-order chi connectivity index (χ1) is 7.66. The van der Waals surface area contributed by atoms with E-state index in [0.717, 1.165) is 19.6 Å². The second-order valence-electron chi connectivity index (χ2n) is 4.74. The molecule has 0 aromatic carbocycles. The van der Waals surface area contributed by atoms with Gasteiger partial charge in [0.2, 0.25) is 0 Å². The van der Waals surface area contributed by atoms with Crippen molar-refractivity contribution >= 4 is 0 Å². The molecule has 0 amide bonds. The van der Waals surface area contributed by atoms with Gasteiger partial charge in [-0.25, -0.2) is 0 Å². The van der Waals surface area contributed by atoms with Gasteiger partial charge >= 0.3 is 0 Å². The number of pyridine rings is 1. The Morgan fingerprint density at radius 3 is 3.00 bits per heavy atom. The zero-order valence-electron chi connectivity index (χ0n) is 9.69. The van der Waals surface area contributed by atoms with E-state index in [-0.39, 0.29) is 0 Å². The highest BCUT2D eigenvalue weighted by Crippen LogP contribution is 2.11. The van der Waals surface area contributed by atoms with Gasteiger partial charge in [0.05, 0.1) is 5.60 Å². The molecular formula is C12H19N3O. The molecule has 0 saturated carbocycles. The van der Waals surface area contributed by atoms with Crippen molar-refractivity contribution in [1.82, 2.24) is 15.2 Å². The Kier molecular flexibility index (Phi) is 3.53. The van der Waals surface area contributed by atoms with Crippen LogP contribution in [0.15, 0.2) is 24.5 Å². The van der Waals surface area contributed by atoms with Crippen molar-refractivity contribution in [2.75, 3.05) is 26.2 Å². The average molecular weight is 221 g/mol. The molecule has 4 nitrogen and oxygen atoms in total. The number of rotatable bonds is 2. The highest BCUT2D eigenvalue weighted by Gasteiger charge is 2.26. The summed E-state index contributed by atoms with van der Waals surface area (Å²) in [5, 5.41) is 13.3. The standard InChI is InChI=1S/C12H19N3O/c1-12(16)9-14-6-7-15(10-12)8-11-2-4-13-5-3-11/h2-5,14,16H,6-10H2,1H3. The van der Waals surface area contributed by atoms with Gasteiger partial charge in [-0.2, -0.15) is 0 Å². The van der Waals surface area contributed by atoms with Gasteiger partial charge in [-0.3, -0.25) is 9.88 Å². The molecule has 1 aliphatic heterocycles. The van der Waals surface area contributed by atoms with Crippen LogP contribution < -0.4 is 5.32 Å². The fourth-order valence-electron chi connectivity index (χ4n) is 2.09. The van der Waals surface area contributed by atoms with E-state index < -0.39 is 5.60 Å². The van der Waals surface area contributed by atoms with Crippen molar-refractivity contribution in [3.8, 4) is 0 Å². The minimum Gasteiger partial charge on any atom is -0.388 e. The molecule has 1 aromatic heterocycles. The minimum absolute atomic E-state index is 0.635. The van der Waals surface area contributed by atoms with Gasteiger partial charge in [0.25, 0.3) is 0 Å². The van der Waals surface area contributed by atoms with Crippen molar-refractivity contribution in [2.45, 2.75) is 19.1 Å². The zero-order chi connectivity index (χ0) is 11.4. The molecule has 1 fully saturated rings. The Bertz CT molecular complexity index is 326. The molecule has 1 aromatic rings. The maximum atomic E-state index is 10.1. The third kappa shape index (κ3) is 3.27. The Morgan fingerprint density at radius 2 is 2.25 bits per heavy atom. The van der Waals surface area contributed by atoms with E-state index in [2.05, 4.69) is 15.2 Å². The predicted octanol–water partition coefficient (Wildman–Crippen LogP) is 0.238. The Balaban J connectivity index is 1.98. The number of nitrogens with one attached hydrogen (secondary N) is 1. The summed E-state index contributed by atoms with van der Waals surface area (Å²) in [6.45, 7) is 6.03. The third-order valence-electron chi connectivity index (χ3n) is 2.83. The lowest BCUT2D eigenvalue weighted by molar-refractivity contribution is 0.0321. The van der Waals surface area contributed by atoms with Gasteiger partial charge in [0.1, 0.15) is 0 Å². The Labute approximate surface area is 96.3 Å². The second kappa shape index (κ2) is 4.91. The third-order valence-corrected chi connectivity index (χ3v) is 2.83. The first kappa shape index (κ1) is 11.5. The summed E-state index contributed by atoms with van der Waals surface area (Å²) in [5.41, 5.74) is 0.608. The summed E-state index contributed by atoms with van der Waals surface area (Å²) in [7, 11) is 0. The minimum atomic E-state index is -0.635. The molecule has 16 heavy (non-hydrogen) atoms. The number of hydrogen-bond donors (Lipinski definition) is 2. The first-order valence-electron chi connectivity index (χ1n) is 5.70. The summed E-state index contributed by atoms with van der Waals surface area (Å²) in [6.07, 6.45) is 3.62. The highest BCUT2D eigenvalue weighted by atomic mass is 16.3. The van der Waals surface area contributed by atoms with Crippen LogP contribution in [0.3, 0.4) is 0 Å². The summed E-state index contributed by atoms with van der Waals surface area (Å²) in [6, 6.07) is 4.04. The summed E-state index contributed by atoms with van der Waals surface area (Å²) in [5.74, 6) is 0. The van der Waals surface area contributed by atoms with Crippen molar-refractivity contribution in [2.24, 2.45) is 0 Å². The smallest absolute Gasteiger partial charge is 0.0869 e. The van der Waals surface area contributed by atoms with E-state index in [1.54, 1.807) is 0 Å². The van der Waals surface area contributed by atoms with Gasteiger partial charge in [-0.15, -0.1) is 0 Å². The van der Waals surface area contributed by atoms with Crippen LogP contribution in [0, 0.1) is 0 Å². The molecule has 2 heterocycles. The molecule has 2 N–H and O–H groups in total. The average Bonchev–Trinajstić information content (AvgIpc) is 2.40. The van der Waals surface area contributed by atoms with Crippen LogP contribution in [0.1, 0.15) is 12.5 Å². The van der Waals surface area contributed by atoms with Crippen LogP contribution in [-0.4, -0.2) is 46.8 Å². The van der Waals surface area contributed by atoms with Gasteiger partial charge in [0.15, 0.2) is 0 Å². The summed E-state index contributed by atoms with van der Waals surface area (Å²) < 4.78 is 0. The second-order valence-corrected chi connectivity index (χ2v) is 4.74. The SMILES string of the molecule is CC1(O)CNCCN(Cc2ccncc2)C1. The van der Waals surface area contributed by atoms with E-state index in [9.17, 15) is 5.11 Å². The van der Waals surface area contributed by atoms with Crippen LogP contribution >= 0.6 is 0 Å². The van der Waals surface area contributed by atoms with Gasteiger partial charge in [-0.05, 0) is 24.6 Å². The molecule has 1 unspecified atom stereocenters. The zero-order valence-corrected chi connectivity index (χ0v) is 9.69. The summed E-state index contributed by atoms with van der Waals surface area (Å²) in [4.78, 5) is 6.28. The number of aromatic nitrogens is 1. The lowest BCUT2D eigenvalue weighted by Gasteiger charge is -2.27. The fourth-order valence-corrected chi connectivity index (χ4v) is 2.09. The molecule has 0 bridgehead atoms. The van der Waals surface area contributed by atoms with E-state index >= 15 is 0 Å². The van der Waals surface area contributed by atoms with Gasteiger partial charge in [0, 0.05) is 45.1 Å². The van der Waals surface area contributed by atoms with Crippen molar-refractivity contribution in [3.63, 3.8) is 0 Å². The topological polar surface area (TPSA) is 48.4 Å². The maximum absolute atomic E-state index is 10.1. The largest absolute Gasteiger partial charge is 0.388 e. The molecule has 0 radical (unpaired) electrons. The maximum Gasteiger partial charge on any atom is 0.0869 e. The van der Waals surface area contributed by atoms with Gasteiger partial charge in [-0.1, -0.05) is 0 Å². The quantitative estimate of drug-likeness (QED) is 0.751. The number of hydrogen-bond acceptors (Lipinski definition) is 4. The molecule has 1 saturated heterocycles. The number of nitrogens with zero attached hydrogens (tertiary/aromatic N) is 2. The lowest BCUT2D eigenvalue weighted by Crippen LogP contribution is -2.43. The van der Waals surface area contributed by atoms with E-state index in [1.807, 2.05) is 31.5 Å². The van der Waals surface area contributed by atoms with Crippen LogP contribution in [0.2, 0.25) is 0 Å². The molecule has 1 aliphatic rings. The molecule has 2 rings (SSSR count). The van der Waals surface area contributed by atoms with Crippen LogP contribution in [-0.2, 0) is 6.54 Å². The van der Waals surface area contributed by atoms with Crippen LogP contribution in [0.25, 0.3) is 0 Å². The molecule has 0 aliphatic carbocycles. The monoisotopic (exact) mass is 221 g/mol. The molecule has 1 atom stereocenters. The van der Waals surface area contributed by atoms with Crippen LogP contribution in [0.5, 0.6) is 0 Å². The highest BCUT2D eigenvalue weighted by molar-refractivity contribution is 5.09. The Morgan fingerprint density at radius 1 is 1.50 bits per heavy atom. The van der Waals surface area contributed by atoms with E-state index in [0.29, 0.717) is 13.1 Å². The van der Waals surface area contributed by atoms with E-state index in [1.165, 1.54) is 5.56 Å². The molecule has 0 spiro atoms. The predicted molar refractivity (Wildman–Crippen MR) is 63.0 cm³/mol. The fraction of sp³-hybridized carbons (Fsp3) is 0.583. The molecule has 4 heteroatoms. The van der Waals surface area contributed by atoms with Crippen molar-refractivity contribution < 1.29 is 5.11 Å². The lowest BCUT2D eigenvalue weighted by atomic mass is 10.1. The molecule has 88 valence electrons. The summed E-state index contributed by atoms with van der Waals surface area (Å²) >= 11 is 0. The normalized spacial score (nSPS) is 27.6. The number of aliphatic hydroxyl groups is 1.